The van der Waals surface area contributed by atoms with Crippen molar-refractivity contribution < 1.29 is 9.66 Å². The van der Waals surface area contributed by atoms with Crippen molar-refractivity contribution in [1.29, 1.82) is 0 Å². The van der Waals surface area contributed by atoms with Gasteiger partial charge in [0.2, 0.25) is 5.28 Å². The predicted octanol–water partition coefficient (Wildman–Crippen LogP) is 1.91. The van der Waals surface area contributed by atoms with Crippen molar-refractivity contribution in [1.82, 2.24) is 9.97 Å². The van der Waals surface area contributed by atoms with Gasteiger partial charge in [0.25, 0.3) is 5.88 Å². The molecular formula is C8H8ClN3O3. The van der Waals surface area contributed by atoms with Crippen LogP contribution in [0.25, 0.3) is 0 Å². The molecular weight excluding hydrogens is 222 g/mol. The molecule has 0 spiro atoms. The number of rotatable bonds is 4. The van der Waals surface area contributed by atoms with Crippen LogP contribution in [0.4, 0.5) is 5.69 Å². The minimum atomic E-state index is -0.607. The molecule has 0 unspecified atom stereocenters. The number of aromatic nitrogens is 2. The van der Waals surface area contributed by atoms with Crippen LogP contribution in [-0.2, 0) is 0 Å². The molecule has 1 rings (SSSR count). The number of nitro groups is 1. The second-order valence-electron chi connectivity index (χ2n) is 2.59. The quantitative estimate of drug-likeness (QED) is 0.341. The highest BCUT2D eigenvalue weighted by Crippen LogP contribution is 2.28. The van der Waals surface area contributed by atoms with Crippen molar-refractivity contribution in [3.05, 3.63) is 33.7 Å². The van der Waals surface area contributed by atoms with Crippen molar-refractivity contribution in [2.45, 2.75) is 6.92 Å². The number of aryl methyl sites for hydroxylation is 1. The lowest BCUT2D eigenvalue weighted by Gasteiger charge is -2.04. The zero-order valence-corrected chi connectivity index (χ0v) is 8.69. The normalized spacial score (nSPS) is 9.73. The van der Waals surface area contributed by atoms with Crippen LogP contribution in [-0.4, -0.2) is 21.5 Å². The average molecular weight is 230 g/mol. The molecule has 0 N–H and O–H groups in total. The van der Waals surface area contributed by atoms with Gasteiger partial charge in [0.05, 0.1) is 4.92 Å². The van der Waals surface area contributed by atoms with Crippen molar-refractivity contribution in [2.24, 2.45) is 0 Å². The van der Waals surface area contributed by atoms with Crippen molar-refractivity contribution >= 4 is 17.3 Å². The Labute approximate surface area is 90.7 Å². The van der Waals surface area contributed by atoms with E-state index in [2.05, 4.69) is 16.5 Å². The first-order valence-electron chi connectivity index (χ1n) is 3.98. The van der Waals surface area contributed by atoms with Gasteiger partial charge < -0.3 is 4.74 Å². The first-order chi connectivity index (χ1) is 7.06. The largest absolute Gasteiger partial charge is 0.468 e. The highest BCUT2D eigenvalue weighted by molar-refractivity contribution is 6.28. The summed E-state index contributed by atoms with van der Waals surface area (Å²) in [6.45, 7) is 5.01. The lowest BCUT2D eigenvalue weighted by atomic mass is 10.4. The van der Waals surface area contributed by atoms with Gasteiger partial charge >= 0.3 is 5.69 Å². The van der Waals surface area contributed by atoms with E-state index < -0.39 is 4.92 Å². The summed E-state index contributed by atoms with van der Waals surface area (Å²) in [5.74, 6) is -0.141. The number of halogens is 1. The summed E-state index contributed by atoms with van der Waals surface area (Å²) in [7, 11) is 0. The highest BCUT2D eigenvalue weighted by Gasteiger charge is 2.22. The summed E-state index contributed by atoms with van der Waals surface area (Å²) in [6.07, 6.45) is 1.45. The maximum atomic E-state index is 10.7. The molecule has 1 aromatic rings. The molecule has 0 amide bonds. The first kappa shape index (κ1) is 11.4. The minimum absolute atomic E-state index is 0.0860. The third kappa shape index (κ3) is 2.63. The second-order valence-corrected chi connectivity index (χ2v) is 2.93. The maximum absolute atomic E-state index is 10.7. The number of ether oxygens (including phenoxy) is 1. The van der Waals surface area contributed by atoms with Crippen molar-refractivity contribution in [3.63, 3.8) is 0 Å². The molecule has 7 heteroatoms. The third-order valence-corrected chi connectivity index (χ3v) is 1.69. The van der Waals surface area contributed by atoms with Crippen LogP contribution in [0.15, 0.2) is 12.7 Å². The van der Waals surface area contributed by atoms with E-state index in [0.29, 0.717) is 0 Å². The summed E-state index contributed by atoms with van der Waals surface area (Å²) < 4.78 is 5.01. The number of hydrogen-bond acceptors (Lipinski definition) is 5. The summed E-state index contributed by atoms with van der Waals surface area (Å²) in [5, 5.41) is 10.6. The highest BCUT2D eigenvalue weighted by atomic mass is 35.5. The molecule has 1 aromatic heterocycles. The van der Waals surface area contributed by atoms with Crippen LogP contribution >= 0.6 is 11.6 Å². The fraction of sp³-hybridized carbons (Fsp3) is 0.250. The molecule has 0 bridgehead atoms. The second kappa shape index (κ2) is 4.70. The molecule has 6 nitrogen and oxygen atoms in total. The molecule has 0 fully saturated rings. The molecule has 0 atom stereocenters. The predicted molar refractivity (Wildman–Crippen MR) is 54.1 cm³/mol. The third-order valence-electron chi connectivity index (χ3n) is 1.52. The Balaban J connectivity index is 3.20. The van der Waals surface area contributed by atoms with Gasteiger partial charge in [-0.05, 0) is 18.5 Å². The van der Waals surface area contributed by atoms with Crippen LogP contribution in [0.2, 0.25) is 5.28 Å². The molecule has 0 saturated carbocycles. The molecule has 15 heavy (non-hydrogen) atoms. The van der Waals surface area contributed by atoms with Gasteiger partial charge in [-0.2, -0.15) is 4.98 Å². The topological polar surface area (TPSA) is 78.2 Å². The van der Waals surface area contributed by atoms with E-state index in [4.69, 9.17) is 16.3 Å². The van der Waals surface area contributed by atoms with E-state index in [1.807, 2.05) is 0 Å². The van der Waals surface area contributed by atoms with Crippen LogP contribution < -0.4 is 4.74 Å². The molecule has 1 heterocycles. The van der Waals surface area contributed by atoms with E-state index in [9.17, 15) is 10.1 Å². The Morgan fingerprint density at radius 2 is 2.33 bits per heavy atom. The molecule has 0 aliphatic carbocycles. The van der Waals surface area contributed by atoms with Crippen LogP contribution in [0.1, 0.15) is 5.69 Å². The molecule has 0 saturated heterocycles. The molecule has 80 valence electrons. The van der Waals surface area contributed by atoms with E-state index in [1.165, 1.54) is 13.0 Å². The van der Waals surface area contributed by atoms with Gasteiger partial charge in [-0.1, -0.05) is 12.7 Å². The van der Waals surface area contributed by atoms with E-state index in [0.717, 1.165) is 0 Å². The number of nitrogens with zero attached hydrogens (tertiary/aromatic N) is 3. The van der Waals surface area contributed by atoms with E-state index in [-0.39, 0.29) is 29.2 Å². The Hall–Kier alpha value is -1.69. The van der Waals surface area contributed by atoms with Crippen LogP contribution in [0, 0.1) is 17.0 Å². The molecule has 0 aliphatic heterocycles. The lowest BCUT2D eigenvalue weighted by Crippen LogP contribution is -2.04. The standard InChI is InChI=1S/C8H8ClN3O3/c1-3-4-15-7-6(12(13)14)5(2)10-8(9)11-7/h3H,1,4H2,2H3. The Bertz CT molecular complexity index is 408. The van der Waals surface area contributed by atoms with Crippen molar-refractivity contribution in [2.75, 3.05) is 6.61 Å². The van der Waals surface area contributed by atoms with Gasteiger partial charge in [-0.15, -0.1) is 0 Å². The Morgan fingerprint density at radius 3 is 2.87 bits per heavy atom. The SMILES string of the molecule is C=CCOc1nc(Cl)nc(C)c1[N+](=O)[O-]. The maximum Gasteiger partial charge on any atom is 0.352 e. The summed E-state index contributed by atoms with van der Waals surface area (Å²) >= 11 is 5.56. The Morgan fingerprint density at radius 1 is 1.67 bits per heavy atom. The first-order valence-corrected chi connectivity index (χ1v) is 4.36. The summed E-state index contributed by atoms with van der Waals surface area (Å²) in [5.41, 5.74) is -0.111. The summed E-state index contributed by atoms with van der Waals surface area (Å²) in [6, 6.07) is 0. The Kier molecular flexibility index (Phi) is 3.56. The number of hydrogen-bond donors (Lipinski definition) is 0. The fourth-order valence-electron chi connectivity index (χ4n) is 0.957. The minimum Gasteiger partial charge on any atom is -0.468 e. The van der Waals surface area contributed by atoms with Gasteiger partial charge in [-0.3, -0.25) is 10.1 Å². The van der Waals surface area contributed by atoms with Gasteiger partial charge in [0.1, 0.15) is 12.3 Å². The van der Waals surface area contributed by atoms with E-state index >= 15 is 0 Å². The molecule has 0 aromatic carbocycles. The monoisotopic (exact) mass is 229 g/mol. The zero-order valence-electron chi connectivity index (χ0n) is 7.94. The zero-order chi connectivity index (χ0) is 11.4. The van der Waals surface area contributed by atoms with Crippen LogP contribution in [0.3, 0.4) is 0 Å². The fourth-order valence-corrected chi connectivity index (χ4v) is 1.16. The smallest absolute Gasteiger partial charge is 0.352 e. The molecule has 0 aliphatic rings. The summed E-state index contributed by atoms with van der Waals surface area (Å²) in [4.78, 5) is 17.4. The van der Waals surface area contributed by atoms with Gasteiger partial charge in [0, 0.05) is 0 Å². The average Bonchev–Trinajstić information content (AvgIpc) is 2.12. The lowest BCUT2D eigenvalue weighted by molar-refractivity contribution is -0.387. The van der Waals surface area contributed by atoms with Gasteiger partial charge in [0.15, 0.2) is 0 Å². The van der Waals surface area contributed by atoms with E-state index in [1.54, 1.807) is 0 Å². The van der Waals surface area contributed by atoms with Gasteiger partial charge in [-0.25, -0.2) is 4.98 Å². The molecule has 0 radical (unpaired) electrons. The van der Waals surface area contributed by atoms with Crippen molar-refractivity contribution in [3.8, 4) is 5.88 Å². The van der Waals surface area contributed by atoms with Crippen LogP contribution in [0.5, 0.6) is 5.88 Å².